The maximum absolute atomic E-state index is 5.83. The number of hydrogen-bond acceptors (Lipinski definition) is 3. The molecule has 2 rings (SSSR count). The van der Waals surface area contributed by atoms with Gasteiger partial charge in [0.25, 0.3) is 0 Å². The van der Waals surface area contributed by atoms with Gasteiger partial charge in [-0.15, -0.1) is 0 Å². The summed E-state index contributed by atoms with van der Waals surface area (Å²) < 4.78 is 5.83. The number of benzene rings is 1. The average Bonchev–Trinajstić information content (AvgIpc) is 2.42. The zero-order valence-corrected chi connectivity index (χ0v) is 11.7. The number of ether oxygens (including phenoxy) is 1. The maximum Gasteiger partial charge on any atom is 0.130 e. The lowest BCUT2D eigenvalue weighted by atomic mass is 10.1. The molecule has 0 aliphatic carbocycles. The molecule has 0 radical (unpaired) electrons. The quantitative estimate of drug-likeness (QED) is 0.893. The van der Waals surface area contributed by atoms with Crippen LogP contribution in [-0.4, -0.2) is 12.0 Å². The van der Waals surface area contributed by atoms with Crippen LogP contribution in [0.25, 0.3) is 0 Å². The second-order valence-electron chi connectivity index (χ2n) is 4.75. The standard InChI is InChI=1S/C16H20N2O/c1-12-4-5-13(2)16(8-12)19-11-15-7-6-14(9-17-3)10-18-15/h4-8,10,17H,9,11H2,1-3H3. The number of aromatic nitrogens is 1. The van der Waals surface area contributed by atoms with Crippen molar-refractivity contribution in [3.8, 4) is 5.75 Å². The second kappa shape index (κ2) is 6.34. The normalized spacial score (nSPS) is 10.5. The van der Waals surface area contributed by atoms with Crippen LogP contribution in [0.2, 0.25) is 0 Å². The summed E-state index contributed by atoms with van der Waals surface area (Å²) in [4.78, 5) is 4.40. The third-order valence-corrected chi connectivity index (χ3v) is 2.99. The zero-order valence-electron chi connectivity index (χ0n) is 11.7. The Morgan fingerprint density at radius 3 is 2.68 bits per heavy atom. The lowest BCUT2D eigenvalue weighted by Crippen LogP contribution is -2.06. The van der Waals surface area contributed by atoms with Crippen molar-refractivity contribution in [1.82, 2.24) is 10.3 Å². The van der Waals surface area contributed by atoms with Crippen LogP contribution in [-0.2, 0) is 13.2 Å². The predicted molar refractivity (Wildman–Crippen MR) is 77.2 cm³/mol. The van der Waals surface area contributed by atoms with Crippen molar-refractivity contribution in [3.63, 3.8) is 0 Å². The largest absolute Gasteiger partial charge is 0.487 e. The molecule has 1 N–H and O–H groups in total. The van der Waals surface area contributed by atoms with Crippen LogP contribution in [0.1, 0.15) is 22.4 Å². The Morgan fingerprint density at radius 2 is 2.00 bits per heavy atom. The molecule has 19 heavy (non-hydrogen) atoms. The number of rotatable bonds is 5. The molecule has 0 amide bonds. The first kappa shape index (κ1) is 13.6. The minimum atomic E-state index is 0.504. The third-order valence-electron chi connectivity index (χ3n) is 2.99. The van der Waals surface area contributed by atoms with Crippen molar-refractivity contribution in [2.45, 2.75) is 27.0 Å². The van der Waals surface area contributed by atoms with Crippen molar-refractivity contribution in [3.05, 3.63) is 58.9 Å². The van der Waals surface area contributed by atoms with Gasteiger partial charge in [-0.1, -0.05) is 18.2 Å². The molecule has 3 heteroatoms. The van der Waals surface area contributed by atoms with Crippen LogP contribution >= 0.6 is 0 Å². The van der Waals surface area contributed by atoms with Gasteiger partial charge in [-0.2, -0.15) is 0 Å². The van der Waals surface area contributed by atoms with Crippen molar-refractivity contribution >= 4 is 0 Å². The first-order valence-electron chi connectivity index (χ1n) is 6.47. The van der Waals surface area contributed by atoms with Crippen molar-refractivity contribution in [2.24, 2.45) is 0 Å². The fourth-order valence-electron chi connectivity index (χ4n) is 1.86. The smallest absolute Gasteiger partial charge is 0.130 e. The summed E-state index contributed by atoms with van der Waals surface area (Å²) in [6.45, 7) is 5.46. The fraction of sp³-hybridized carbons (Fsp3) is 0.312. The van der Waals surface area contributed by atoms with E-state index in [-0.39, 0.29) is 0 Å². The van der Waals surface area contributed by atoms with Crippen LogP contribution < -0.4 is 10.1 Å². The highest BCUT2D eigenvalue weighted by Gasteiger charge is 2.01. The van der Waals surface area contributed by atoms with Gasteiger partial charge < -0.3 is 10.1 Å². The van der Waals surface area contributed by atoms with Gasteiger partial charge in [0, 0.05) is 12.7 Å². The van der Waals surface area contributed by atoms with Gasteiger partial charge in [-0.25, -0.2) is 0 Å². The van der Waals surface area contributed by atoms with Gasteiger partial charge in [0.1, 0.15) is 12.4 Å². The van der Waals surface area contributed by atoms with E-state index in [1.807, 2.05) is 19.3 Å². The van der Waals surface area contributed by atoms with Crippen LogP contribution in [0, 0.1) is 13.8 Å². The maximum atomic E-state index is 5.83. The minimum absolute atomic E-state index is 0.504. The van der Waals surface area contributed by atoms with E-state index in [2.05, 4.69) is 48.4 Å². The molecule has 100 valence electrons. The van der Waals surface area contributed by atoms with E-state index in [1.54, 1.807) is 0 Å². The van der Waals surface area contributed by atoms with Gasteiger partial charge in [-0.3, -0.25) is 4.98 Å². The Balaban J connectivity index is 2.00. The molecule has 0 aliphatic heterocycles. The van der Waals surface area contributed by atoms with E-state index in [9.17, 15) is 0 Å². The molecule has 0 aliphatic rings. The van der Waals surface area contributed by atoms with E-state index >= 15 is 0 Å². The second-order valence-corrected chi connectivity index (χ2v) is 4.75. The first-order chi connectivity index (χ1) is 9.19. The average molecular weight is 256 g/mol. The highest BCUT2D eigenvalue weighted by Crippen LogP contribution is 2.20. The Bertz CT molecular complexity index is 535. The summed E-state index contributed by atoms with van der Waals surface area (Å²) in [5.74, 6) is 0.932. The minimum Gasteiger partial charge on any atom is -0.487 e. The molecule has 0 spiro atoms. The van der Waals surface area contributed by atoms with Gasteiger partial charge >= 0.3 is 0 Å². The van der Waals surface area contributed by atoms with Crippen LogP contribution in [0.15, 0.2) is 36.5 Å². The summed E-state index contributed by atoms with van der Waals surface area (Å²) in [5, 5.41) is 3.10. The van der Waals surface area contributed by atoms with E-state index in [0.29, 0.717) is 6.61 Å². The predicted octanol–water partition coefficient (Wildman–Crippen LogP) is 3.00. The molecule has 0 atom stereocenters. The number of nitrogens with zero attached hydrogens (tertiary/aromatic N) is 1. The van der Waals surface area contributed by atoms with Gasteiger partial charge in [0.2, 0.25) is 0 Å². The summed E-state index contributed by atoms with van der Waals surface area (Å²) >= 11 is 0. The molecule has 0 bridgehead atoms. The van der Waals surface area contributed by atoms with E-state index < -0.39 is 0 Å². The summed E-state index contributed by atoms with van der Waals surface area (Å²) in [5.41, 5.74) is 4.48. The summed E-state index contributed by atoms with van der Waals surface area (Å²) in [6.07, 6.45) is 1.89. The van der Waals surface area contributed by atoms with Crippen LogP contribution in [0.3, 0.4) is 0 Å². The third kappa shape index (κ3) is 3.80. The Hall–Kier alpha value is -1.87. The molecule has 0 fully saturated rings. The molecule has 1 aromatic heterocycles. The number of nitrogens with one attached hydrogen (secondary N) is 1. The van der Waals surface area contributed by atoms with Gasteiger partial charge in [0.15, 0.2) is 0 Å². The fourth-order valence-corrected chi connectivity index (χ4v) is 1.86. The highest BCUT2D eigenvalue weighted by atomic mass is 16.5. The summed E-state index contributed by atoms with van der Waals surface area (Å²) in [6, 6.07) is 10.3. The molecular weight excluding hydrogens is 236 g/mol. The molecule has 0 saturated carbocycles. The van der Waals surface area contributed by atoms with E-state index in [0.717, 1.165) is 23.6 Å². The van der Waals surface area contributed by atoms with Crippen molar-refractivity contribution in [1.29, 1.82) is 0 Å². The lowest BCUT2D eigenvalue weighted by Gasteiger charge is -2.10. The first-order valence-corrected chi connectivity index (χ1v) is 6.47. The Morgan fingerprint density at radius 1 is 1.16 bits per heavy atom. The molecule has 0 unspecified atom stereocenters. The van der Waals surface area contributed by atoms with E-state index in [1.165, 1.54) is 11.1 Å². The molecule has 3 nitrogen and oxygen atoms in total. The van der Waals surface area contributed by atoms with Gasteiger partial charge in [0.05, 0.1) is 5.69 Å². The molecule has 2 aromatic rings. The van der Waals surface area contributed by atoms with E-state index in [4.69, 9.17) is 4.74 Å². The van der Waals surface area contributed by atoms with Crippen molar-refractivity contribution in [2.75, 3.05) is 7.05 Å². The number of hydrogen-bond donors (Lipinski definition) is 1. The Kier molecular flexibility index (Phi) is 4.53. The zero-order chi connectivity index (χ0) is 13.7. The number of aryl methyl sites for hydroxylation is 2. The lowest BCUT2D eigenvalue weighted by molar-refractivity contribution is 0.299. The Labute approximate surface area is 114 Å². The number of pyridine rings is 1. The molecule has 1 heterocycles. The van der Waals surface area contributed by atoms with Crippen LogP contribution in [0.4, 0.5) is 0 Å². The molecule has 1 aromatic carbocycles. The van der Waals surface area contributed by atoms with Crippen molar-refractivity contribution < 1.29 is 4.74 Å². The van der Waals surface area contributed by atoms with Gasteiger partial charge in [-0.05, 0) is 49.7 Å². The topological polar surface area (TPSA) is 34.1 Å². The molecule has 0 saturated heterocycles. The highest BCUT2D eigenvalue weighted by molar-refractivity contribution is 5.36. The van der Waals surface area contributed by atoms with Crippen LogP contribution in [0.5, 0.6) is 5.75 Å². The summed E-state index contributed by atoms with van der Waals surface area (Å²) in [7, 11) is 1.93. The SMILES string of the molecule is CNCc1ccc(COc2cc(C)ccc2C)nc1. The molecular formula is C16H20N2O. The monoisotopic (exact) mass is 256 g/mol.